The molecule has 2 N–H and O–H groups in total. The summed E-state index contributed by atoms with van der Waals surface area (Å²) in [5.74, 6) is 0.833. The zero-order valence-electron chi connectivity index (χ0n) is 13.4. The average Bonchev–Trinajstić information content (AvgIpc) is 3.23. The zero-order valence-corrected chi connectivity index (χ0v) is 13.4. The Labute approximate surface area is 137 Å². The number of hydrogen-bond donors (Lipinski definition) is 1. The van der Waals surface area contributed by atoms with E-state index in [0.717, 1.165) is 25.7 Å². The first-order valence-corrected chi connectivity index (χ1v) is 7.52. The Morgan fingerprint density at radius 3 is 2.58 bits per heavy atom. The number of rotatable bonds is 5. The Morgan fingerprint density at radius 1 is 1.29 bits per heavy atom. The van der Waals surface area contributed by atoms with Crippen LogP contribution in [0.15, 0.2) is 16.7 Å². The van der Waals surface area contributed by atoms with E-state index in [2.05, 4.69) is 10.1 Å². The van der Waals surface area contributed by atoms with Gasteiger partial charge in [0.25, 0.3) is 5.89 Å². The third-order valence-electron chi connectivity index (χ3n) is 4.27. The zero-order chi connectivity index (χ0) is 17.3. The quantitative estimate of drug-likeness (QED) is 0.652. The Morgan fingerprint density at radius 2 is 2.00 bits per heavy atom. The maximum Gasteiger partial charge on any atom is 0.315 e. The molecule has 9 heteroatoms. The van der Waals surface area contributed by atoms with Gasteiger partial charge in [-0.2, -0.15) is 4.98 Å². The lowest BCUT2D eigenvalue weighted by molar-refractivity contribution is -0.385. The number of nitrogens with zero attached hydrogens (tertiary/aromatic N) is 3. The molecule has 0 saturated heterocycles. The third-order valence-corrected chi connectivity index (χ3v) is 4.27. The van der Waals surface area contributed by atoms with Gasteiger partial charge in [0.05, 0.1) is 30.2 Å². The SMILES string of the molecule is COc1cc(-c2nc(C3(N)CCCC3)no2)cc([N+](=O)[O-])c1OC. The van der Waals surface area contributed by atoms with Gasteiger partial charge in [-0.1, -0.05) is 18.0 Å². The Bertz CT molecular complexity index is 767. The van der Waals surface area contributed by atoms with Crippen LogP contribution in [-0.2, 0) is 5.54 Å². The summed E-state index contributed by atoms with van der Waals surface area (Å²) < 4.78 is 15.5. The molecule has 1 saturated carbocycles. The molecule has 1 fully saturated rings. The summed E-state index contributed by atoms with van der Waals surface area (Å²) in [7, 11) is 2.74. The summed E-state index contributed by atoms with van der Waals surface area (Å²) in [5, 5.41) is 15.2. The highest BCUT2D eigenvalue weighted by Crippen LogP contribution is 2.41. The van der Waals surface area contributed by atoms with Gasteiger partial charge >= 0.3 is 5.69 Å². The number of nitrogens with two attached hydrogens (primary N) is 1. The van der Waals surface area contributed by atoms with Crippen LogP contribution in [0, 0.1) is 10.1 Å². The molecule has 1 aromatic heterocycles. The van der Waals surface area contributed by atoms with E-state index in [4.69, 9.17) is 19.7 Å². The molecule has 128 valence electrons. The van der Waals surface area contributed by atoms with Gasteiger partial charge < -0.3 is 19.7 Å². The molecule has 24 heavy (non-hydrogen) atoms. The second kappa shape index (κ2) is 6.08. The van der Waals surface area contributed by atoms with Crippen molar-refractivity contribution in [2.75, 3.05) is 14.2 Å². The topological polar surface area (TPSA) is 127 Å². The van der Waals surface area contributed by atoms with E-state index in [9.17, 15) is 10.1 Å². The van der Waals surface area contributed by atoms with Crippen LogP contribution < -0.4 is 15.2 Å². The minimum atomic E-state index is -0.593. The predicted octanol–water partition coefficient (Wildman–Crippen LogP) is 2.39. The van der Waals surface area contributed by atoms with Crippen molar-refractivity contribution in [1.29, 1.82) is 0 Å². The van der Waals surface area contributed by atoms with Crippen molar-refractivity contribution in [2.24, 2.45) is 5.73 Å². The molecule has 2 aromatic rings. The lowest BCUT2D eigenvalue weighted by atomic mass is 9.98. The van der Waals surface area contributed by atoms with Gasteiger partial charge in [0.1, 0.15) is 0 Å². The first-order valence-electron chi connectivity index (χ1n) is 7.52. The van der Waals surface area contributed by atoms with E-state index in [0.29, 0.717) is 11.4 Å². The van der Waals surface area contributed by atoms with E-state index < -0.39 is 10.5 Å². The molecular weight excluding hydrogens is 316 g/mol. The van der Waals surface area contributed by atoms with Gasteiger partial charge in [-0.25, -0.2) is 0 Å². The van der Waals surface area contributed by atoms with Crippen molar-refractivity contribution < 1.29 is 18.9 Å². The maximum atomic E-state index is 11.3. The highest BCUT2D eigenvalue weighted by Gasteiger charge is 2.36. The van der Waals surface area contributed by atoms with Crippen LogP contribution in [0.5, 0.6) is 11.5 Å². The van der Waals surface area contributed by atoms with Gasteiger partial charge in [0.2, 0.25) is 5.75 Å². The smallest absolute Gasteiger partial charge is 0.315 e. The molecular formula is C15H18N4O5. The van der Waals surface area contributed by atoms with E-state index >= 15 is 0 Å². The predicted molar refractivity (Wildman–Crippen MR) is 83.8 cm³/mol. The standard InChI is InChI=1S/C15H18N4O5/c1-22-11-8-9(7-10(19(20)21)12(11)23-2)13-17-14(18-24-13)15(16)5-3-4-6-15/h7-8H,3-6,16H2,1-2H3. The van der Waals surface area contributed by atoms with Crippen LogP contribution in [0.2, 0.25) is 0 Å². The lowest BCUT2D eigenvalue weighted by Crippen LogP contribution is -2.34. The first kappa shape index (κ1) is 16.2. The van der Waals surface area contributed by atoms with E-state index in [1.165, 1.54) is 20.3 Å². The van der Waals surface area contributed by atoms with Crippen molar-refractivity contribution in [2.45, 2.75) is 31.2 Å². The number of methoxy groups -OCH3 is 2. The van der Waals surface area contributed by atoms with Crippen LogP contribution in [0.3, 0.4) is 0 Å². The molecule has 1 aliphatic carbocycles. The maximum absolute atomic E-state index is 11.3. The molecule has 9 nitrogen and oxygen atoms in total. The third kappa shape index (κ3) is 2.67. The van der Waals surface area contributed by atoms with E-state index in [1.807, 2.05) is 0 Å². The number of benzene rings is 1. The molecule has 3 rings (SSSR count). The molecule has 0 radical (unpaired) electrons. The summed E-state index contributed by atoms with van der Waals surface area (Å²) in [6.45, 7) is 0. The monoisotopic (exact) mass is 334 g/mol. The molecule has 1 heterocycles. The van der Waals surface area contributed by atoms with Crippen molar-refractivity contribution in [3.63, 3.8) is 0 Å². The second-order valence-corrected chi connectivity index (χ2v) is 5.77. The van der Waals surface area contributed by atoms with Crippen LogP contribution in [-0.4, -0.2) is 29.3 Å². The number of ether oxygens (including phenoxy) is 2. The van der Waals surface area contributed by atoms with Gasteiger partial charge in [0, 0.05) is 6.07 Å². The van der Waals surface area contributed by atoms with Crippen LogP contribution in [0.4, 0.5) is 5.69 Å². The average molecular weight is 334 g/mol. The van der Waals surface area contributed by atoms with Crippen molar-refractivity contribution in [3.8, 4) is 23.0 Å². The van der Waals surface area contributed by atoms with Crippen LogP contribution >= 0.6 is 0 Å². The fourth-order valence-electron chi connectivity index (χ4n) is 2.98. The summed E-state index contributed by atoms with van der Waals surface area (Å²) in [4.78, 5) is 15.1. The molecule has 1 aromatic carbocycles. The van der Waals surface area contributed by atoms with Crippen LogP contribution in [0.1, 0.15) is 31.5 Å². The van der Waals surface area contributed by atoms with Gasteiger partial charge in [-0.05, 0) is 18.9 Å². The van der Waals surface area contributed by atoms with Crippen LogP contribution in [0.25, 0.3) is 11.5 Å². The Kier molecular flexibility index (Phi) is 4.10. The highest BCUT2D eigenvalue weighted by atomic mass is 16.6. The Balaban J connectivity index is 2.05. The number of hydrogen-bond acceptors (Lipinski definition) is 8. The lowest BCUT2D eigenvalue weighted by Gasteiger charge is -2.17. The molecule has 0 spiro atoms. The first-order chi connectivity index (χ1) is 11.5. The number of nitro groups is 1. The van der Waals surface area contributed by atoms with E-state index in [-0.39, 0.29) is 23.1 Å². The van der Waals surface area contributed by atoms with Gasteiger partial charge in [0.15, 0.2) is 11.6 Å². The van der Waals surface area contributed by atoms with Crippen molar-refractivity contribution in [1.82, 2.24) is 10.1 Å². The van der Waals surface area contributed by atoms with Crippen molar-refractivity contribution in [3.05, 3.63) is 28.1 Å². The Hall–Kier alpha value is -2.68. The summed E-state index contributed by atoms with van der Waals surface area (Å²) in [5.41, 5.74) is 5.85. The molecule has 0 aliphatic heterocycles. The fraction of sp³-hybridized carbons (Fsp3) is 0.467. The summed E-state index contributed by atoms with van der Waals surface area (Å²) in [6.07, 6.45) is 3.61. The minimum absolute atomic E-state index is 0.0390. The second-order valence-electron chi connectivity index (χ2n) is 5.77. The largest absolute Gasteiger partial charge is 0.493 e. The molecule has 0 unspecified atom stereocenters. The normalized spacial score (nSPS) is 16.1. The summed E-state index contributed by atoms with van der Waals surface area (Å²) >= 11 is 0. The highest BCUT2D eigenvalue weighted by molar-refractivity contribution is 5.68. The number of aromatic nitrogens is 2. The van der Waals surface area contributed by atoms with E-state index in [1.54, 1.807) is 6.07 Å². The minimum Gasteiger partial charge on any atom is -0.493 e. The molecule has 1 aliphatic rings. The fourth-order valence-corrected chi connectivity index (χ4v) is 2.98. The van der Waals surface area contributed by atoms with Gasteiger partial charge in [-0.15, -0.1) is 0 Å². The van der Waals surface area contributed by atoms with Gasteiger partial charge in [-0.3, -0.25) is 10.1 Å². The molecule has 0 bridgehead atoms. The molecule has 0 atom stereocenters. The van der Waals surface area contributed by atoms with Crippen molar-refractivity contribution >= 4 is 5.69 Å². The summed E-state index contributed by atoms with van der Waals surface area (Å²) in [6, 6.07) is 2.87. The molecule has 0 amide bonds. The number of nitro benzene ring substituents is 1.